The Labute approximate surface area is 123 Å². The van der Waals surface area contributed by atoms with E-state index in [9.17, 15) is 4.79 Å². The molecule has 0 bridgehead atoms. The van der Waals surface area contributed by atoms with Gasteiger partial charge in [-0.15, -0.1) is 0 Å². The van der Waals surface area contributed by atoms with Crippen LogP contribution < -0.4 is 10.2 Å². The Morgan fingerprint density at radius 1 is 1.38 bits per heavy atom. The van der Waals surface area contributed by atoms with Crippen LogP contribution in [0.4, 0.5) is 11.8 Å². The summed E-state index contributed by atoms with van der Waals surface area (Å²) in [6.07, 6.45) is 5.20. The minimum absolute atomic E-state index is 0.314. The number of hydrogen-bond acceptors (Lipinski definition) is 6. The van der Waals surface area contributed by atoms with Gasteiger partial charge in [-0.25, -0.2) is 9.97 Å². The fourth-order valence-electron chi connectivity index (χ4n) is 1.74. The van der Waals surface area contributed by atoms with Crippen LogP contribution in [-0.2, 0) is 0 Å². The van der Waals surface area contributed by atoms with Crippen molar-refractivity contribution >= 4 is 17.7 Å². The van der Waals surface area contributed by atoms with Gasteiger partial charge in [0.15, 0.2) is 5.82 Å². The molecular weight excluding hydrogens is 270 g/mol. The fraction of sp³-hybridized carbons (Fsp3) is 0.429. The summed E-state index contributed by atoms with van der Waals surface area (Å²) in [7, 11) is 1.93. The Hall–Kier alpha value is -2.44. The first-order valence-corrected chi connectivity index (χ1v) is 6.88. The summed E-state index contributed by atoms with van der Waals surface area (Å²) in [6.45, 7) is 4.78. The Bertz CT molecular complexity index is 594. The lowest BCUT2D eigenvalue weighted by Crippen LogP contribution is -2.21. The van der Waals surface area contributed by atoms with Crippen LogP contribution in [0.15, 0.2) is 23.0 Å². The summed E-state index contributed by atoms with van der Waals surface area (Å²) in [5, 5.41) is 6.33. The third-order valence-corrected chi connectivity index (χ3v) is 2.96. The zero-order valence-corrected chi connectivity index (χ0v) is 12.5. The van der Waals surface area contributed by atoms with Gasteiger partial charge in [-0.2, -0.15) is 0 Å². The number of unbranched alkanes of at least 4 members (excludes halogenated alkanes) is 1. The number of nitrogens with one attached hydrogen (secondary N) is 1. The highest BCUT2D eigenvalue weighted by atomic mass is 16.5. The second-order valence-electron chi connectivity index (χ2n) is 4.82. The molecule has 2 aromatic rings. The summed E-state index contributed by atoms with van der Waals surface area (Å²) in [6, 6.07) is 1.64. The van der Waals surface area contributed by atoms with E-state index in [-0.39, 0.29) is 5.91 Å². The maximum Gasteiger partial charge on any atom is 0.260 e. The largest absolute Gasteiger partial charge is 0.360 e. The van der Waals surface area contributed by atoms with Gasteiger partial charge in [-0.05, 0) is 13.3 Å². The van der Waals surface area contributed by atoms with Crippen molar-refractivity contribution in [1.82, 2.24) is 15.1 Å². The number of anilines is 2. The van der Waals surface area contributed by atoms with Gasteiger partial charge in [0.1, 0.15) is 5.76 Å². The van der Waals surface area contributed by atoms with E-state index in [4.69, 9.17) is 4.52 Å². The van der Waals surface area contributed by atoms with Gasteiger partial charge in [0, 0.05) is 32.1 Å². The topological polar surface area (TPSA) is 84.2 Å². The van der Waals surface area contributed by atoms with E-state index in [1.54, 1.807) is 13.0 Å². The Kier molecular flexibility index (Phi) is 4.86. The molecule has 0 aliphatic heterocycles. The molecule has 21 heavy (non-hydrogen) atoms. The quantitative estimate of drug-likeness (QED) is 0.878. The van der Waals surface area contributed by atoms with Gasteiger partial charge < -0.3 is 14.7 Å². The number of rotatable bonds is 6. The molecule has 0 radical (unpaired) electrons. The van der Waals surface area contributed by atoms with Gasteiger partial charge in [0.2, 0.25) is 5.95 Å². The maximum absolute atomic E-state index is 12.0. The van der Waals surface area contributed by atoms with E-state index in [2.05, 4.69) is 27.4 Å². The molecule has 0 saturated heterocycles. The molecule has 0 aliphatic rings. The van der Waals surface area contributed by atoms with E-state index < -0.39 is 0 Å². The van der Waals surface area contributed by atoms with E-state index in [1.807, 2.05) is 11.9 Å². The van der Waals surface area contributed by atoms with Crippen LogP contribution in [0.1, 0.15) is 35.9 Å². The molecule has 0 aromatic carbocycles. The normalized spacial score (nSPS) is 10.4. The first-order chi connectivity index (χ1) is 10.1. The van der Waals surface area contributed by atoms with Crippen LogP contribution in [0.3, 0.4) is 0 Å². The average Bonchev–Trinajstić information content (AvgIpc) is 2.90. The lowest BCUT2D eigenvalue weighted by Gasteiger charge is -2.16. The van der Waals surface area contributed by atoms with Crippen molar-refractivity contribution in [3.8, 4) is 0 Å². The molecule has 112 valence electrons. The lowest BCUT2D eigenvalue weighted by molar-refractivity contribution is 0.102. The second kappa shape index (κ2) is 6.83. The minimum atomic E-state index is -0.314. The number of hydrogen-bond donors (Lipinski definition) is 1. The van der Waals surface area contributed by atoms with Crippen LogP contribution in [0, 0.1) is 6.92 Å². The van der Waals surface area contributed by atoms with E-state index in [0.717, 1.165) is 19.4 Å². The maximum atomic E-state index is 12.0. The minimum Gasteiger partial charge on any atom is -0.360 e. The molecule has 7 nitrogen and oxygen atoms in total. The molecule has 2 aromatic heterocycles. The fourth-order valence-corrected chi connectivity index (χ4v) is 1.74. The van der Waals surface area contributed by atoms with Crippen LogP contribution in [0.2, 0.25) is 0 Å². The number of aromatic nitrogens is 3. The molecular formula is C14H19N5O2. The number of carbonyl (C=O) groups excluding carboxylic acids is 1. The van der Waals surface area contributed by atoms with Gasteiger partial charge in [0.25, 0.3) is 5.91 Å². The number of carbonyl (C=O) groups is 1. The molecule has 0 saturated carbocycles. The van der Waals surface area contributed by atoms with Crippen LogP contribution in [0.25, 0.3) is 0 Å². The number of aryl methyl sites for hydroxylation is 1. The predicted molar refractivity (Wildman–Crippen MR) is 79.4 cm³/mol. The van der Waals surface area contributed by atoms with Crippen LogP contribution in [-0.4, -0.2) is 34.6 Å². The van der Waals surface area contributed by atoms with Gasteiger partial charge in [-0.3, -0.25) is 4.79 Å². The van der Waals surface area contributed by atoms with Gasteiger partial charge >= 0.3 is 0 Å². The zero-order chi connectivity index (χ0) is 15.2. The van der Waals surface area contributed by atoms with E-state index in [0.29, 0.717) is 23.1 Å². The lowest BCUT2D eigenvalue weighted by atomic mass is 10.3. The van der Waals surface area contributed by atoms with Crippen LogP contribution in [0.5, 0.6) is 0 Å². The summed E-state index contributed by atoms with van der Waals surface area (Å²) in [4.78, 5) is 22.4. The highest BCUT2D eigenvalue weighted by Gasteiger charge is 2.11. The third kappa shape index (κ3) is 4.01. The molecule has 0 fully saturated rings. The average molecular weight is 289 g/mol. The smallest absolute Gasteiger partial charge is 0.260 e. The first-order valence-electron chi connectivity index (χ1n) is 6.88. The summed E-state index contributed by atoms with van der Waals surface area (Å²) >= 11 is 0. The Morgan fingerprint density at radius 3 is 2.67 bits per heavy atom. The van der Waals surface area contributed by atoms with Crippen LogP contribution >= 0.6 is 0 Å². The molecule has 1 amide bonds. The summed E-state index contributed by atoms with van der Waals surface area (Å²) < 4.78 is 4.89. The number of nitrogens with zero attached hydrogens (tertiary/aromatic N) is 4. The van der Waals surface area contributed by atoms with Gasteiger partial charge in [-0.1, -0.05) is 18.5 Å². The SMILES string of the molecule is CCCCN(C)c1ncc(C(=O)Nc2cc(C)on2)cn1. The highest BCUT2D eigenvalue weighted by Crippen LogP contribution is 2.10. The van der Waals surface area contributed by atoms with Crippen molar-refractivity contribution < 1.29 is 9.32 Å². The van der Waals surface area contributed by atoms with Gasteiger partial charge in [0.05, 0.1) is 5.56 Å². The van der Waals surface area contributed by atoms with E-state index in [1.165, 1.54) is 12.4 Å². The Morgan fingerprint density at radius 2 is 2.10 bits per heavy atom. The monoisotopic (exact) mass is 289 g/mol. The molecule has 1 N–H and O–H groups in total. The molecule has 0 spiro atoms. The molecule has 2 heterocycles. The summed E-state index contributed by atoms with van der Waals surface area (Å²) in [5.41, 5.74) is 0.378. The molecule has 7 heteroatoms. The molecule has 0 unspecified atom stereocenters. The van der Waals surface area contributed by atoms with Crippen molar-refractivity contribution in [2.24, 2.45) is 0 Å². The number of amides is 1. The second-order valence-corrected chi connectivity index (χ2v) is 4.82. The van der Waals surface area contributed by atoms with Crippen molar-refractivity contribution in [1.29, 1.82) is 0 Å². The van der Waals surface area contributed by atoms with Crippen molar-refractivity contribution in [2.45, 2.75) is 26.7 Å². The molecule has 2 rings (SSSR count). The highest BCUT2D eigenvalue weighted by molar-refractivity contribution is 6.03. The zero-order valence-electron chi connectivity index (χ0n) is 12.5. The van der Waals surface area contributed by atoms with E-state index >= 15 is 0 Å². The predicted octanol–water partition coefficient (Wildman–Crippen LogP) is 2.26. The molecule has 0 atom stereocenters. The third-order valence-electron chi connectivity index (χ3n) is 2.96. The standard InChI is InChI=1S/C14H19N5O2/c1-4-5-6-19(3)14-15-8-11(9-16-14)13(20)17-12-7-10(2)21-18-12/h7-9H,4-6H2,1-3H3,(H,17,18,20). The first kappa shape index (κ1) is 15.0. The van der Waals surface area contributed by atoms with Crippen molar-refractivity contribution in [2.75, 3.05) is 23.8 Å². The summed E-state index contributed by atoms with van der Waals surface area (Å²) in [5.74, 6) is 1.31. The molecule has 0 aliphatic carbocycles. The van der Waals surface area contributed by atoms with Crippen molar-refractivity contribution in [3.63, 3.8) is 0 Å². The Balaban J connectivity index is 1.99. The van der Waals surface area contributed by atoms with Crippen molar-refractivity contribution in [3.05, 3.63) is 29.8 Å².